The molecule has 0 spiro atoms. The van der Waals surface area contributed by atoms with Crippen LogP contribution in [-0.4, -0.2) is 5.88 Å². The van der Waals surface area contributed by atoms with Crippen molar-refractivity contribution >= 4 is 33.1 Å². The largest absolute Gasteiger partial charge is 0.126 e. The molecule has 4 rings (SSSR count). The Balaban J connectivity index is 2.11. The number of hydrogen-bond acceptors (Lipinski definition) is 0. The average Bonchev–Trinajstić information content (AvgIpc) is 2.53. The van der Waals surface area contributed by atoms with Gasteiger partial charge in [-0.1, -0.05) is 48.5 Å². The molecule has 1 aliphatic carbocycles. The van der Waals surface area contributed by atoms with Gasteiger partial charge >= 0.3 is 0 Å². The highest BCUT2D eigenvalue weighted by Crippen LogP contribution is 2.39. The number of alkyl halides is 1. The van der Waals surface area contributed by atoms with E-state index in [1.165, 1.54) is 51.9 Å². The van der Waals surface area contributed by atoms with Gasteiger partial charge in [0.1, 0.15) is 0 Å². The molecule has 0 bridgehead atoms. The van der Waals surface area contributed by atoms with E-state index in [9.17, 15) is 0 Å². The van der Waals surface area contributed by atoms with E-state index in [0.29, 0.717) is 5.92 Å². The normalized spacial score (nSPS) is 18.4. The minimum absolute atomic E-state index is 0.519. The fraction of sp³-hybridized carbons (Fsp3) is 0.263. The number of aryl methyl sites for hydroxylation is 1. The van der Waals surface area contributed by atoms with Crippen LogP contribution in [0.1, 0.15) is 29.9 Å². The van der Waals surface area contributed by atoms with Crippen LogP contribution in [0.4, 0.5) is 0 Å². The van der Waals surface area contributed by atoms with Crippen molar-refractivity contribution in [1.29, 1.82) is 0 Å². The van der Waals surface area contributed by atoms with E-state index < -0.39 is 0 Å². The highest BCUT2D eigenvalue weighted by molar-refractivity contribution is 6.18. The first-order chi connectivity index (χ1) is 9.88. The first-order valence-corrected chi connectivity index (χ1v) is 7.91. The van der Waals surface area contributed by atoms with E-state index in [2.05, 4.69) is 48.5 Å². The average molecular weight is 281 g/mol. The number of benzene rings is 3. The summed E-state index contributed by atoms with van der Waals surface area (Å²) >= 11 is 6.23. The van der Waals surface area contributed by atoms with Crippen molar-refractivity contribution in [2.24, 2.45) is 0 Å². The first-order valence-electron chi connectivity index (χ1n) is 7.37. The Morgan fingerprint density at radius 2 is 1.75 bits per heavy atom. The molecule has 1 heteroatoms. The smallest absolute Gasteiger partial charge is 0.0292 e. The van der Waals surface area contributed by atoms with Gasteiger partial charge in [-0.3, -0.25) is 0 Å². The fourth-order valence-electron chi connectivity index (χ4n) is 3.69. The Kier molecular flexibility index (Phi) is 2.93. The van der Waals surface area contributed by atoms with Gasteiger partial charge in [-0.05, 0) is 57.9 Å². The van der Waals surface area contributed by atoms with Gasteiger partial charge in [-0.2, -0.15) is 0 Å². The monoisotopic (exact) mass is 280 g/mol. The molecule has 0 aromatic heterocycles. The summed E-state index contributed by atoms with van der Waals surface area (Å²) in [7, 11) is 0. The maximum atomic E-state index is 6.23. The molecule has 0 N–H and O–H groups in total. The molecule has 3 aromatic carbocycles. The minimum atomic E-state index is 0.519. The van der Waals surface area contributed by atoms with E-state index in [-0.39, 0.29) is 0 Å². The van der Waals surface area contributed by atoms with Crippen LogP contribution in [0.25, 0.3) is 21.5 Å². The number of halogens is 1. The van der Waals surface area contributed by atoms with Gasteiger partial charge in [-0.25, -0.2) is 0 Å². The summed E-state index contributed by atoms with van der Waals surface area (Å²) in [5, 5.41) is 5.45. The third-order valence-electron chi connectivity index (χ3n) is 4.65. The van der Waals surface area contributed by atoms with Crippen LogP contribution < -0.4 is 0 Å². The Morgan fingerprint density at radius 1 is 0.900 bits per heavy atom. The summed E-state index contributed by atoms with van der Waals surface area (Å²) in [5.74, 6) is 1.25. The first kappa shape index (κ1) is 12.2. The maximum Gasteiger partial charge on any atom is 0.0292 e. The van der Waals surface area contributed by atoms with Crippen LogP contribution in [0, 0.1) is 0 Å². The number of hydrogen-bond donors (Lipinski definition) is 0. The summed E-state index contributed by atoms with van der Waals surface area (Å²) in [4.78, 5) is 0. The summed E-state index contributed by atoms with van der Waals surface area (Å²) in [5.41, 5.74) is 3.01. The van der Waals surface area contributed by atoms with E-state index in [4.69, 9.17) is 11.6 Å². The van der Waals surface area contributed by atoms with Gasteiger partial charge in [0.05, 0.1) is 0 Å². The van der Waals surface area contributed by atoms with E-state index in [0.717, 1.165) is 5.88 Å². The van der Waals surface area contributed by atoms with Crippen molar-refractivity contribution in [1.82, 2.24) is 0 Å². The number of rotatable bonds is 1. The van der Waals surface area contributed by atoms with Crippen LogP contribution in [0.5, 0.6) is 0 Å². The predicted molar refractivity (Wildman–Crippen MR) is 87.9 cm³/mol. The Labute approximate surface area is 124 Å². The molecule has 0 saturated carbocycles. The van der Waals surface area contributed by atoms with Gasteiger partial charge in [-0.15, -0.1) is 11.6 Å². The van der Waals surface area contributed by atoms with Crippen LogP contribution >= 0.6 is 11.6 Å². The SMILES string of the molecule is ClCC1CCCc2ccc3c(ccc4ccccc43)c21. The van der Waals surface area contributed by atoms with Crippen LogP contribution in [0.3, 0.4) is 0 Å². The quantitative estimate of drug-likeness (QED) is 0.399. The van der Waals surface area contributed by atoms with Gasteiger partial charge < -0.3 is 0 Å². The van der Waals surface area contributed by atoms with Crippen LogP contribution in [0.2, 0.25) is 0 Å². The highest BCUT2D eigenvalue weighted by atomic mass is 35.5. The van der Waals surface area contributed by atoms with Crippen molar-refractivity contribution in [2.45, 2.75) is 25.2 Å². The molecule has 0 radical (unpaired) electrons. The fourth-order valence-corrected chi connectivity index (χ4v) is 4.00. The second-order valence-corrected chi connectivity index (χ2v) is 6.07. The molecule has 0 heterocycles. The lowest BCUT2D eigenvalue weighted by molar-refractivity contribution is 0.599. The molecule has 1 aliphatic rings. The second-order valence-electron chi connectivity index (χ2n) is 5.76. The van der Waals surface area contributed by atoms with Crippen LogP contribution in [0.15, 0.2) is 48.5 Å². The molecule has 0 aliphatic heterocycles. The van der Waals surface area contributed by atoms with Crippen LogP contribution in [-0.2, 0) is 6.42 Å². The van der Waals surface area contributed by atoms with Gasteiger partial charge in [0, 0.05) is 5.88 Å². The zero-order chi connectivity index (χ0) is 13.5. The molecule has 1 atom stereocenters. The van der Waals surface area contributed by atoms with Crippen molar-refractivity contribution in [3.63, 3.8) is 0 Å². The van der Waals surface area contributed by atoms with Crippen molar-refractivity contribution in [3.8, 4) is 0 Å². The molecule has 0 fully saturated rings. The molecule has 1 unspecified atom stereocenters. The van der Waals surface area contributed by atoms with Gasteiger partial charge in [0.15, 0.2) is 0 Å². The zero-order valence-electron chi connectivity index (χ0n) is 11.4. The van der Waals surface area contributed by atoms with Crippen molar-refractivity contribution < 1.29 is 0 Å². The molecule has 100 valence electrons. The van der Waals surface area contributed by atoms with Gasteiger partial charge in [0.2, 0.25) is 0 Å². The number of fused-ring (bicyclic) bond motifs is 5. The summed E-state index contributed by atoms with van der Waals surface area (Å²) in [6.07, 6.45) is 3.69. The summed E-state index contributed by atoms with van der Waals surface area (Å²) < 4.78 is 0. The molecule has 0 saturated heterocycles. The second kappa shape index (κ2) is 4.79. The Morgan fingerprint density at radius 3 is 2.65 bits per heavy atom. The van der Waals surface area contributed by atoms with Crippen molar-refractivity contribution in [3.05, 3.63) is 59.7 Å². The molecule has 3 aromatic rings. The highest BCUT2D eigenvalue weighted by Gasteiger charge is 2.22. The summed E-state index contributed by atoms with van der Waals surface area (Å²) in [6, 6.07) is 17.8. The Bertz CT molecular complexity index is 788. The standard InChI is InChI=1S/C19H17Cl/c20-12-15-6-3-5-14-9-10-17-16-7-2-1-4-13(16)8-11-18(17)19(14)15/h1-2,4,7-11,15H,3,5-6,12H2. The molecule has 0 nitrogen and oxygen atoms in total. The zero-order valence-corrected chi connectivity index (χ0v) is 12.2. The lowest BCUT2D eigenvalue weighted by Crippen LogP contribution is -2.11. The minimum Gasteiger partial charge on any atom is -0.126 e. The summed E-state index contributed by atoms with van der Waals surface area (Å²) in [6.45, 7) is 0. The lowest BCUT2D eigenvalue weighted by atomic mass is 9.80. The predicted octanol–water partition coefficient (Wildman–Crippen LogP) is 5.65. The molecular weight excluding hydrogens is 264 g/mol. The third kappa shape index (κ3) is 1.75. The lowest BCUT2D eigenvalue weighted by Gasteiger charge is -2.26. The molecular formula is C19H17Cl. The topological polar surface area (TPSA) is 0 Å². The van der Waals surface area contributed by atoms with E-state index in [1.54, 1.807) is 0 Å². The van der Waals surface area contributed by atoms with Gasteiger partial charge in [0.25, 0.3) is 0 Å². The Hall–Kier alpha value is -1.53. The maximum absolute atomic E-state index is 6.23. The van der Waals surface area contributed by atoms with E-state index in [1.807, 2.05) is 0 Å². The van der Waals surface area contributed by atoms with E-state index >= 15 is 0 Å². The van der Waals surface area contributed by atoms with Crippen molar-refractivity contribution in [2.75, 3.05) is 5.88 Å². The third-order valence-corrected chi connectivity index (χ3v) is 5.02. The molecule has 20 heavy (non-hydrogen) atoms. The molecule has 0 amide bonds.